The maximum absolute atomic E-state index is 5.15. The first-order valence-electron chi connectivity index (χ1n) is 8.40. The van der Waals surface area contributed by atoms with Crippen molar-refractivity contribution in [1.82, 2.24) is 5.32 Å². The Balaban J connectivity index is 2.15. The second-order valence-electron chi connectivity index (χ2n) is 6.90. The van der Waals surface area contributed by atoms with Gasteiger partial charge in [0.25, 0.3) is 0 Å². The van der Waals surface area contributed by atoms with E-state index in [0.717, 1.165) is 25.6 Å². The van der Waals surface area contributed by atoms with Crippen molar-refractivity contribution in [3.8, 4) is 0 Å². The SMILES string of the molecule is COCCNCC1(c2ccc(C(C)C)cc2)CCCC1C. The van der Waals surface area contributed by atoms with Crippen molar-refractivity contribution in [3.63, 3.8) is 0 Å². The van der Waals surface area contributed by atoms with Gasteiger partial charge in [0, 0.05) is 25.6 Å². The summed E-state index contributed by atoms with van der Waals surface area (Å²) in [5, 5.41) is 3.61. The summed E-state index contributed by atoms with van der Waals surface area (Å²) in [6, 6.07) is 9.38. The second kappa shape index (κ2) is 7.42. The van der Waals surface area contributed by atoms with E-state index in [9.17, 15) is 0 Å². The Bertz CT molecular complexity index is 426. The number of hydrogen-bond donors (Lipinski definition) is 1. The van der Waals surface area contributed by atoms with Crippen LogP contribution >= 0.6 is 0 Å². The molecule has 1 aliphatic carbocycles. The van der Waals surface area contributed by atoms with E-state index >= 15 is 0 Å². The van der Waals surface area contributed by atoms with E-state index in [1.54, 1.807) is 7.11 Å². The predicted octanol–water partition coefficient (Wildman–Crippen LogP) is 4.10. The summed E-state index contributed by atoms with van der Waals surface area (Å²) < 4.78 is 5.15. The van der Waals surface area contributed by atoms with Gasteiger partial charge >= 0.3 is 0 Å². The summed E-state index contributed by atoms with van der Waals surface area (Å²) in [5.74, 6) is 1.35. The molecule has 0 amide bonds. The van der Waals surface area contributed by atoms with Crippen LogP contribution in [-0.2, 0) is 10.2 Å². The van der Waals surface area contributed by atoms with E-state index in [0.29, 0.717) is 11.3 Å². The van der Waals surface area contributed by atoms with E-state index in [2.05, 4.69) is 50.4 Å². The molecule has 0 aliphatic heterocycles. The molecule has 1 fully saturated rings. The summed E-state index contributed by atoms with van der Waals surface area (Å²) in [4.78, 5) is 0. The third kappa shape index (κ3) is 3.67. The summed E-state index contributed by atoms with van der Waals surface area (Å²) in [6.45, 7) is 9.73. The van der Waals surface area contributed by atoms with Crippen molar-refractivity contribution in [3.05, 3.63) is 35.4 Å². The van der Waals surface area contributed by atoms with Crippen LogP contribution in [0.15, 0.2) is 24.3 Å². The first-order valence-corrected chi connectivity index (χ1v) is 8.40. The lowest BCUT2D eigenvalue weighted by molar-refractivity contribution is 0.194. The van der Waals surface area contributed by atoms with Gasteiger partial charge < -0.3 is 10.1 Å². The van der Waals surface area contributed by atoms with E-state index in [4.69, 9.17) is 4.74 Å². The number of benzene rings is 1. The molecule has 2 heteroatoms. The molecule has 1 aromatic carbocycles. The van der Waals surface area contributed by atoms with Gasteiger partial charge in [-0.2, -0.15) is 0 Å². The largest absolute Gasteiger partial charge is 0.383 e. The minimum atomic E-state index is 0.309. The van der Waals surface area contributed by atoms with Gasteiger partial charge in [0.05, 0.1) is 6.61 Å². The van der Waals surface area contributed by atoms with Gasteiger partial charge in [-0.05, 0) is 35.8 Å². The Kier molecular flexibility index (Phi) is 5.83. The Morgan fingerprint density at radius 2 is 2.00 bits per heavy atom. The molecule has 0 aromatic heterocycles. The van der Waals surface area contributed by atoms with Crippen LogP contribution < -0.4 is 5.32 Å². The molecule has 1 aliphatic rings. The van der Waals surface area contributed by atoms with Crippen molar-refractivity contribution in [2.45, 2.75) is 51.4 Å². The van der Waals surface area contributed by atoms with Crippen LogP contribution in [0.1, 0.15) is 57.1 Å². The molecule has 1 saturated carbocycles. The second-order valence-corrected chi connectivity index (χ2v) is 6.90. The fraction of sp³-hybridized carbons (Fsp3) is 0.684. The van der Waals surface area contributed by atoms with E-state index in [1.165, 1.54) is 30.4 Å². The molecule has 0 radical (unpaired) electrons. The molecule has 1 N–H and O–H groups in total. The summed E-state index contributed by atoms with van der Waals surface area (Å²) in [7, 11) is 1.76. The van der Waals surface area contributed by atoms with Gasteiger partial charge in [0.1, 0.15) is 0 Å². The zero-order valence-corrected chi connectivity index (χ0v) is 14.1. The van der Waals surface area contributed by atoms with E-state index in [-0.39, 0.29) is 0 Å². The average Bonchev–Trinajstić information content (AvgIpc) is 2.86. The van der Waals surface area contributed by atoms with Crippen LogP contribution in [0.4, 0.5) is 0 Å². The van der Waals surface area contributed by atoms with Crippen molar-refractivity contribution in [1.29, 1.82) is 0 Å². The van der Waals surface area contributed by atoms with Crippen molar-refractivity contribution >= 4 is 0 Å². The van der Waals surface area contributed by atoms with Crippen LogP contribution in [-0.4, -0.2) is 26.8 Å². The van der Waals surface area contributed by atoms with Crippen LogP contribution in [0.5, 0.6) is 0 Å². The van der Waals surface area contributed by atoms with Gasteiger partial charge in [-0.25, -0.2) is 0 Å². The number of nitrogens with one attached hydrogen (secondary N) is 1. The minimum absolute atomic E-state index is 0.309. The lowest BCUT2D eigenvalue weighted by Gasteiger charge is -2.35. The average molecular weight is 289 g/mol. The molecule has 0 spiro atoms. The van der Waals surface area contributed by atoms with Gasteiger partial charge in [0.2, 0.25) is 0 Å². The molecule has 2 atom stereocenters. The molecule has 2 rings (SSSR count). The van der Waals surface area contributed by atoms with Crippen molar-refractivity contribution < 1.29 is 4.74 Å². The maximum Gasteiger partial charge on any atom is 0.0587 e. The fourth-order valence-corrected chi connectivity index (χ4v) is 3.73. The smallest absolute Gasteiger partial charge is 0.0587 e. The highest BCUT2D eigenvalue weighted by Crippen LogP contribution is 2.45. The van der Waals surface area contributed by atoms with Crippen LogP contribution in [0.3, 0.4) is 0 Å². The van der Waals surface area contributed by atoms with E-state index in [1.807, 2.05) is 0 Å². The lowest BCUT2D eigenvalue weighted by Crippen LogP contribution is -2.41. The highest BCUT2D eigenvalue weighted by atomic mass is 16.5. The quantitative estimate of drug-likeness (QED) is 0.763. The monoisotopic (exact) mass is 289 g/mol. The Morgan fingerprint density at radius 1 is 1.29 bits per heavy atom. The molecule has 2 unspecified atom stereocenters. The molecular formula is C19H31NO. The summed E-state index contributed by atoms with van der Waals surface area (Å²) in [6.07, 6.45) is 3.99. The third-order valence-electron chi connectivity index (χ3n) is 5.28. The third-order valence-corrected chi connectivity index (χ3v) is 5.28. The number of hydrogen-bond acceptors (Lipinski definition) is 2. The van der Waals surface area contributed by atoms with Crippen molar-refractivity contribution in [2.24, 2.45) is 5.92 Å². The summed E-state index contributed by atoms with van der Waals surface area (Å²) in [5.41, 5.74) is 3.26. The topological polar surface area (TPSA) is 21.3 Å². The predicted molar refractivity (Wildman–Crippen MR) is 90.0 cm³/mol. The number of rotatable bonds is 7. The zero-order chi connectivity index (χ0) is 15.3. The van der Waals surface area contributed by atoms with Crippen LogP contribution in [0.25, 0.3) is 0 Å². The van der Waals surface area contributed by atoms with Crippen LogP contribution in [0.2, 0.25) is 0 Å². The molecular weight excluding hydrogens is 258 g/mol. The van der Waals surface area contributed by atoms with Gasteiger partial charge in [-0.15, -0.1) is 0 Å². The molecule has 118 valence electrons. The zero-order valence-electron chi connectivity index (χ0n) is 14.1. The van der Waals surface area contributed by atoms with Crippen molar-refractivity contribution in [2.75, 3.05) is 26.8 Å². The first-order chi connectivity index (χ1) is 10.1. The normalized spacial score (nSPS) is 25.7. The highest BCUT2D eigenvalue weighted by Gasteiger charge is 2.41. The maximum atomic E-state index is 5.15. The molecule has 0 bridgehead atoms. The Hall–Kier alpha value is -0.860. The van der Waals surface area contributed by atoms with E-state index < -0.39 is 0 Å². The summed E-state index contributed by atoms with van der Waals surface area (Å²) >= 11 is 0. The number of methoxy groups -OCH3 is 1. The highest BCUT2D eigenvalue weighted by molar-refractivity contribution is 5.32. The number of ether oxygens (including phenoxy) is 1. The van der Waals surface area contributed by atoms with Crippen LogP contribution in [0, 0.1) is 5.92 Å². The molecule has 0 saturated heterocycles. The fourth-order valence-electron chi connectivity index (χ4n) is 3.73. The molecule has 2 nitrogen and oxygen atoms in total. The lowest BCUT2D eigenvalue weighted by atomic mass is 9.72. The minimum Gasteiger partial charge on any atom is -0.383 e. The van der Waals surface area contributed by atoms with Gasteiger partial charge in [-0.3, -0.25) is 0 Å². The standard InChI is InChI=1S/C19H31NO/c1-15(2)17-7-9-18(10-8-17)19(11-5-6-16(19)3)14-20-12-13-21-4/h7-10,15-16,20H,5-6,11-14H2,1-4H3. The first kappa shape index (κ1) is 16.5. The Labute approximate surface area is 130 Å². The molecule has 21 heavy (non-hydrogen) atoms. The Morgan fingerprint density at radius 3 is 2.52 bits per heavy atom. The van der Waals surface area contributed by atoms with Gasteiger partial charge in [-0.1, -0.05) is 51.5 Å². The van der Waals surface area contributed by atoms with Gasteiger partial charge in [0.15, 0.2) is 0 Å². The molecule has 0 heterocycles. The molecule has 1 aromatic rings.